The van der Waals surface area contributed by atoms with Crippen molar-refractivity contribution in [1.29, 1.82) is 0 Å². The Morgan fingerprint density at radius 1 is 1.20 bits per heavy atom. The molecule has 0 radical (unpaired) electrons. The fourth-order valence-electron chi connectivity index (χ4n) is 1.89. The zero-order chi connectivity index (χ0) is 19.4. The molecule has 0 saturated carbocycles. The van der Waals surface area contributed by atoms with Crippen LogP contribution in [0, 0.1) is 16.0 Å². The van der Waals surface area contributed by atoms with Gasteiger partial charge in [-0.25, -0.2) is 4.79 Å². The normalized spacial score (nSPS) is 13.9. The molecular formula is C19H29NO4Si. The van der Waals surface area contributed by atoms with Crippen molar-refractivity contribution in [2.75, 3.05) is 0 Å². The summed E-state index contributed by atoms with van der Waals surface area (Å²) in [5.41, 5.74) is 2.51. The van der Waals surface area contributed by atoms with Crippen molar-refractivity contribution in [2.45, 2.75) is 58.9 Å². The molecule has 0 N–H and O–H groups in total. The maximum Gasteiger partial charge on any atom is 0.338 e. The SMILES string of the molecule is CC(C)[C@H](/C=C\[Si](C)(C)C(C)(C)C)OC(=O)c1ccc([N+](=O)[O-])cc1. The van der Waals surface area contributed by atoms with Gasteiger partial charge in [-0.2, -0.15) is 0 Å². The summed E-state index contributed by atoms with van der Waals surface area (Å²) in [5.74, 6) is -0.323. The Morgan fingerprint density at radius 2 is 1.72 bits per heavy atom. The van der Waals surface area contributed by atoms with Crippen molar-refractivity contribution < 1.29 is 14.5 Å². The summed E-state index contributed by atoms with van der Waals surface area (Å²) in [5, 5.41) is 10.9. The van der Waals surface area contributed by atoms with Crippen molar-refractivity contribution in [3.8, 4) is 0 Å². The van der Waals surface area contributed by atoms with Gasteiger partial charge in [-0.3, -0.25) is 10.1 Å². The fraction of sp³-hybridized carbons (Fsp3) is 0.526. The molecule has 25 heavy (non-hydrogen) atoms. The van der Waals surface area contributed by atoms with Crippen LogP contribution in [-0.2, 0) is 4.74 Å². The summed E-state index contributed by atoms with van der Waals surface area (Å²) in [6.07, 6.45) is 1.68. The summed E-state index contributed by atoms with van der Waals surface area (Å²) in [6, 6.07) is 5.48. The lowest BCUT2D eigenvalue weighted by molar-refractivity contribution is -0.384. The van der Waals surface area contributed by atoms with Crippen LogP contribution in [0.5, 0.6) is 0 Å². The van der Waals surface area contributed by atoms with E-state index in [0.717, 1.165) is 0 Å². The molecule has 0 spiro atoms. The molecule has 0 aliphatic rings. The third-order valence-electron chi connectivity index (χ3n) is 4.85. The summed E-state index contributed by atoms with van der Waals surface area (Å²) in [4.78, 5) is 22.5. The van der Waals surface area contributed by atoms with E-state index in [9.17, 15) is 14.9 Å². The number of ether oxygens (including phenoxy) is 1. The number of benzene rings is 1. The zero-order valence-electron chi connectivity index (χ0n) is 16.2. The molecule has 138 valence electrons. The minimum atomic E-state index is -1.61. The van der Waals surface area contributed by atoms with Gasteiger partial charge in [-0.05, 0) is 23.1 Å². The molecule has 1 rings (SSSR count). The first-order chi connectivity index (χ1) is 11.3. The Balaban J connectivity index is 2.91. The topological polar surface area (TPSA) is 69.4 Å². The molecule has 1 aromatic carbocycles. The van der Waals surface area contributed by atoms with Crippen LogP contribution in [0.15, 0.2) is 36.0 Å². The van der Waals surface area contributed by atoms with E-state index in [1.165, 1.54) is 24.3 Å². The van der Waals surface area contributed by atoms with E-state index in [2.05, 4.69) is 39.6 Å². The van der Waals surface area contributed by atoms with Crippen LogP contribution >= 0.6 is 0 Å². The van der Waals surface area contributed by atoms with E-state index in [1.807, 2.05) is 19.9 Å². The van der Waals surface area contributed by atoms with Crippen LogP contribution in [0.1, 0.15) is 45.0 Å². The number of nitrogens with zero attached hydrogens (tertiary/aromatic N) is 1. The van der Waals surface area contributed by atoms with Gasteiger partial charge in [0.25, 0.3) is 5.69 Å². The van der Waals surface area contributed by atoms with Crippen LogP contribution in [0.4, 0.5) is 5.69 Å². The number of rotatable bonds is 6. The molecule has 0 aromatic heterocycles. The first-order valence-corrected chi connectivity index (χ1v) is 11.6. The van der Waals surface area contributed by atoms with Gasteiger partial charge < -0.3 is 4.74 Å². The molecule has 0 saturated heterocycles. The van der Waals surface area contributed by atoms with Crippen LogP contribution in [0.2, 0.25) is 18.1 Å². The lowest BCUT2D eigenvalue weighted by Crippen LogP contribution is -2.35. The Hall–Kier alpha value is -1.95. The molecule has 0 unspecified atom stereocenters. The van der Waals surface area contributed by atoms with Gasteiger partial charge in [-0.15, -0.1) is 0 Å². The first kappa shape index (κ1) is 21.1. The van der Waals surface area contributed by atoms with Crippen LogP contribution in [-0.4, -0.2) is 25.1 Å². The molecule has 0 bridgehead atoms. The van der Waals surface area contributed by atoms with Gasteiger partial charge in [0.1, 0.15) is 6.10 Å². The predicted molar refractivity (Wildman–Crippen MR) is 103 cm³/mol. The Morgan fingerprint density at radius 3 is 2.12 bits per heavy atom. The van der Waals surface area contributed by atoms with E-state index >= 15 is 0 Å². The highest BCUT2D eigenvalue weighted by molar-refractivity contribution is 6.84. The number of nitro benzene ring substituents is 1. The van der Waals surface area contributed by atoms with E-state index in [4.69, 9.17) is 4.74 Å². The van der Waals surface area contributed by atoms with Crippen molar-refractivity contribution in [3.05, 3.63) is 51.7 Å². The molecule has 1 atom stereocenters. The largest absolute Gasteiger partial charge is 0.454 e. The quantitative estimate of drug-likeness (QED) is 0.294. The minimum absolute atomic E-state index is 0.0465. The van der Waals surface area contributed by atoms with Crippen molar-refractivity contribution in [3.63, 3.8) is 0 Å². The highest BCUT2D eigenvalue weighted by atomic mass is 28.3. The summed E-state index contributed by atoms with van der Waals surface area (Å²) < 4.78 is 5.63. The van der Waals surface area contributed by atoms with E-state index in [1.54, 1.807) is 0 Å². The number of carbonyl (C=O) groups is 1. The summed E-state index contributed by atoms with van der Waals surface area (Å²) in [6.45, 7) is 15.3. The van der Waals surface area contributed by atoms with Gasteiger partial charge in [-0.1, -0.05) is 59.5 Å². The molecule has 1 aromatic rings. The monoisotopic (exact) mass is 363 g/mol. The fourth-order valence-corrected chi connectivity index (χ4v) is 3.06. The van der Waals surface area contributed by atoms with E-state index in [-0.39, 0.29) is 22.7 Å². The van der Waals surface area contributed by atoms with Gasteiger partial charge in [0.15, 0.2) is 0 Å². The molecular weight excluding hydrogens is 334 g/mol. The maximum absolute atomic E-state index is 12.3. The van der Waals surface area contributed by atoms with Crippen LogP contribution in [0.3, 0.4) is 0 Å². The van der Waals surface area contributed by atoms with Gasteiger partial charge in [0.05, 0.1) is 18.6 Å². The second-order valence-electron chi connectivity index (χ2n) is 8.25. The third kappa shape index (κ3) is 5.81. The third-order valence-corrected chi connectivity index (χ3v) is 9.74. The number of hydrogen-bond acceptors (Lipinski definition) is 4. The smallest absolute Gasteiger partial charge is 0.338 e. The molecule has 6 heteroatoms. The molecule has 0 amide bonds. The number of esters is 1. The lowest BCUT2D eigenvalue weighted by atomic mass is 10.1. The molecule has 0 aliphatic heterocycles. The van der Waals surface area contributed by atoms with Gasteiger partial charge in [0, 0.05) is 12.1 Å². The Labute approximate surface area is 151 Å². The number of nitro groups is 1. The molecule has 0 fully saturated rings. The van der Waals surface area contributed by atoms with Crippen LogP contribution in [0.25, 0.3) is 0 Å². The number of carbonyl (C=O) groups excluding carboxylic acids is 1. The highest BCUT2D eigenvalue weighted by Crippen LogP contribution is 2.36. The minimum Gasteiger partial charge on any atom is -0.454 e. The number of non-ortho nitro benzene ring substituents is 1. The predicted octanol–water partition coefficient (Wildman–Crippen LogP) is 5.38. The van der Waals surface area contributed by atoms with Crippen molar-refractivity contribution in [2.24, 2.45) is 5.92 Å². The highest BCUT2D eigenvalue weighted by Gasteiger charge is 2.33. The van der Waals surface area contributed by atoms with E-state index < -0.39 is 19.0 Å². The van der Waals surface area contributed by atoms with Crippen LogP contribution < -0.4 is 0 Å². The Kier molecular flexibility index (Phi) is 6.71. The molecule has 0 heterocycles. The molecule has 5 nitrogen and oxygen atoms in total. The average Bonchev–Trinajstić information content (AvgIpc) is 2.49. The average molecular weight is 364 g/mol. The summed E-state index contributed by atoms with van der Waals surface area (Å²) >= 11 is 0. The second-order valence-corrected chi connectivity index (χ2v) is 13.5. The second kappa shape index (κ2) is 7.95. The van der Waals surface area contributed by atoms with Crippen molar-refractivity contribution >= 4 is 19.7 Å². The maximum atomic E-state index is 12.3. The zero-order valence-corrected chi connectivity index (χ0v) is 17.2. The van der Waals surface area contributed by atoms with Crippen molar-refractivity contribution in [1.82, 2.24) is 0 Å². The summed E-state index contributed by atoms with van der Waals surface area (Å²) in [7, 11) is -1.61. The lowest BCUT2D eigenvalue weighted by Gasteiger charge is -2.34. The molecule has 0 aliphatic carbocycles. The first-order valence-electron chi connectivity index (χ1n) is 8.50. The van der Waals surface area contributed by atoms with Gasteiger partial charge in [0.2, 0.25) is 0 Å². The standard InChI is InChI=1S/C19H29NO4Si/c1-14(2)17(12-13-25(6,7)19(3,4)5)24-18(21)15-8-10-16(11-9-15)20(22)23/h8-14,17H,1-7H3/b13-12-/t17-/m0/s1. The van der Waals surface area contributed by atoms with E-state index in [0.29, 0.717) is 5.56 Å². The number of hydrogen-bond donors (Lipinski definition) is 0. The van der Waals surface area contributed by atoms with Gasteiger partial charge >= 0.3 is 5.97 Å². The Bertz CT molecular complexity index is 642.